The number of cyclic esters (lactones) is 1. The summed E-state index contributed by atoms with van der Waals surface area (Å²) >= 11 is 1.44. The number of esters is 1. The van der Waals surface area contributed by atoms with E-state index in [1.54, 1.807) is 0 Å². The third-order valence-electron chi connectivity index (χ3n) is 4.06. The van der Waals surface area contributed by atoms with Gasteiger partial charge in [0, 0.05) is 12.0 Å². The van der Waals surface area contributed by atoms with Gasteiger partial charge in [0.05, 0.1) is 23.5 Å². The van der Waals surface area contributed by atoms with E-state index in [9.17, 15) is 4.79 Å². The first-order valence-electron chi connectivity index (χ1n) is 7.89. The van der Waals surface area contributed by atoms with Crippen molar-refractivity contribution in [1.29, 1.82) is 0 Å². The predicted octanol–water partition coefficient (Wildman–Crippen LogP) is 3.42. The molecule has 0 bridgehead atoms. The molecule has 1 saturated heterocycles. The summed E-state index contributed by atoms with van der Waals surface area (Å²) in [5.74, 6) is -0.164. The minimum absolute atomic E-state index is 0.164. The van der Waals surface area contributed by atoms with Crippen molar-refractivity contribution in [3.8, 4) is 11.3 Å². The van der Waals surface area contributed by atoms with Crippen LogP contribution in [0.4, 0.5) is 0 Å². The van der Waals surface area contributed by atoms with Gasteiger partial charge in [-0.3, -0.25) is 4.79 Å². The highest BCUT2D eigenvalue weighted by molar-refractivity contribution is 8.00. The van der Waals surface area contributed by atoms with E-state index >= 15 is 0 Å². The standard InChI is InChI=1S/C18H17N3O2S/c1-11-10-12(2)20-21-16(11)15(13-6-4-3-5-7-13)19-18(21)24-14-8-9-23-17(14)22/h3-7,10,14H,8-9H2,1-2H3/t14-/m1/s1. The molecule has 4 rings (SSSR count). The molecule has 1 fully saturated rings. The summed E-state index contributed by atoms with van der Waals surface area (Å²) < 4.78 is 6.94. The molecule has 24 heavy (non-hydrogen) atoms. The summed E-state index contributed by atoms with van der Waals surface area (Å²) in [5, 5.41) is 5.16. The Bertz CT molecular complexity index is 921. The second-order valence-electron chi connectivity index (χ2n) is 5.90. The van der Waals surface area contributed by atoms with E-state index in [1.165, 1.54) is 11.8 Å². The summed E-state index contributed by atoms with van der Waals surface area (Å²) in [6, 6.07) is 12.1. The van der Waals surface area contributed by atoms with Crippen molar-refractivity contribution >= 4 is 23.2 Å². The van der Waals surface area contributed by atoms with Crippen LogP contribution in [-0.4, -0.2) is 32.4 Å². The van der Waals surface area contributed by atoms with Gasteiger partial charge >= 0.3 is 5.97 Å². The lowest BCUT2D eigenvalue weighted by Crippen LogP contribution is -2.10. The van der Waals surface area contributed by atoms with E-state index in [4.69, 9.17) is 9.72 Å². The number of hydrogen-bond donors (Lipinski definition) is 0. The van der Waals surface area contributed by atoms with Gasteiger partial charge in [0.25, 0.3) is 0 Å². The van der Waals surface area contributed by atoms with E-state index < -0.39 is 0 Å². The predicted molar refractivity (Wildman–Crippen MR) is 93.1 cm³/mol. The van der Waals surface area contributed by atoms with Crippen molar-refractivity contribution in [2.24, 2.45) is 0 Å². The number of nitrogens with zero attached hydrogens (tertiary/aromatic N) is 3. The second-order valence-corrected chi connectivity index (χ2v) is 7.07. The molecule has 1 aliphatic rings. The van der Waals surface area contributed by atoms with Gasteiger partial charge in [0.2, 0.25) is 0 Å². The summed E-state index contributed by atoms with van der Waals surface area (Å²) in [6.45, 7) is 4.51. The first-order valence-corrected chi connectivity index (χ1v) is 8.77. The Kier molecular flexibility index (Phi) is 3.76. The van der Waals surface area contributed by atoms with Crippen LogP contribution in [0.5, 0.6) is 0 Å². The van der Waals surface area contributed by atoms with Crippen molar-refractivity contribution in [2.75, 3.05) is 6.61 Å². The topological polar surface area (TPSA) is 56.5 Å². The summed E-state index contributed by atoms with van der Waals surface area (Å²) in [5.41, 5.74) is 4.97. The van der Waals surface area contributed by atoms with Crippen LogP contribution in [-0.2, 0) is 9.53 Å². The molecule has 0 amide bonds. The van der Waals surface area contributed by atoms with Gasteiger partial charge in [-0.15, -0.1) is 0 Å². The summed E-state index contributed by atoms with van der Waals surface area (Å²) in [7, 11) is 0. The Hall–Kier alpha value is -2.34. The van der Waals surface area contributed by atoms with Gasteiger partial charge < -0.3 is 4.74 Å². The molecule has 1 aromatic carbocycles. The zero-order valence-electron chi connectivity index (χ0n) is 13.5. The fraction of sp³-hybridized carbons (Fsp3) is 0.278. The minimum Gasteiger partial charge on any atom is -0.465 e. The fourth-order valence-corrected chi connectivity index (χ4v) is 4.00. The van der Waals surface area contributed by atoms with Gasteiger partial charge in [-0.1, -0.05) is 42.1 Å². The van der Waals surface area contributed by atoms with Crippen molar-refractivity contribution in [2.45, 2.75) is 30.7 Å². The molecule has 1 atom stereocenters. The molecular formula is C18H17N3O2S. The van der Waals surface area contributed by atoms with E-state index in [2.05, 4.69) is 18.1 Å². The number of carbonyl (C=O) groups excluding carboxylic acids is 1. The lowest BCUT2D eigenvalue weighted by Gasteiger charge is -2.06. The number of imidazole rings is 1. The van der Waals surface area contributed by atoms with E-state index in [0.29, 0.717) is 13.0 Å². The number of carbonyl (C=O) groups is 1. The normalized spacial score (nSPS) is 17.4. The molecule has 0 aliphatic carbocycles. The second kappa shape index (κ2) is 5.94. The van der Waals surface area contributed by atoms with Crippen LogP contribution < -0.4 is 0 Å². The highest BCUT2D eigenvalue weighted by Gasteiger charge is 2.30. The molecule has 3 aromatic rings. The maximum Gasteiger partial charge on any atom is 0.319 e. The number of ether oxygens (including phenoxy) is 1. The molecule has 0 N–H and O–H groups in total. The Labute approximate surface area is 144 Å². The van der Waals surface area contributed by atoms with Crippen molar-refractivity contribution in [3.63, 3.8) is 0 Å². The molecule has 122 valence electrons. The first kappa shape index (κ1) is 15.2. The lowest BCUT2D eigenvalue weighted by molar-refractivity contribution is -0.137. The average molecular weight is 339 g/mol. The summed E-state index contributed by atoms with van der Waals surface area (Å²) in [4.78, 5) is 16.6. The molecule has 0 saturated carbocycles. The van der Waals surface area contributed by atoms with Crippen LogP contribution in [0.1, 0.15) is 17.7 Å². The van der Waals surface area contributed by atoms with Crippen LogP contribution in [0.25, 0.3) is 16.8 Å². The van der Waals surface area contributed by atoms with Gasteiger partial charge in [-0.25, -0.2) is 9.50 Å². The van der Waals surface area contributed by atoms with Crippen LogP contribution in [0.15, 0.2) is 41.6 Å². The average Bonchev–Trinajstić information content (AvgIpc) is 3.13. The SMILES string of the molecule is Cc1cc(C)c2c(-c3ccccc3)nc(S[C@@H]3CCOC3=O)n2n1. The number of aromatic nitrogens is 3. The number of benzene rings is 1. The van der Waals surface area contributed by atoms with Crippen molar-refractivity contribution in [1.82, 2.24) is 14.6 Å². The third-order valence-corrected chi connectivity index (χ3v) is 5.25. The maximum atomic E-state index is 11.8. The number of fused-ring (bicyclic) bond motifs is 1. The van der Waals surface area contributed by atoms with Crippen LogP contribution >= 0.6 is 11.8 Å². The molecule has 0 unspecified atom stereocenters. The number of rotatable bonds is 3. The highest BCUT2D eigenvalue weighted by atomic mass is 32.2. The van der Waals surface area contributed by atoms with Crippen LogP contribution in [0, 0.1) is 13.8 Å². The smallest absolute Gasteiger partial charge is 0.319 e. The Morgan fingerprint density at radius 1 is 1.25 bits per heavy atom. The summed E-state index contributed by atoms with van der Waals surface area (Å²) in [6.07, 6.45) is 0.712. The van der Waals surface area contributed by atoms with Gasteiger partial charge in [-0.05, 0) is 25.5 Å². The zero-order chi connectivity index (χ0) is 16.7. The number of aryl methyl sites for hydroxylation is 2. The number of thioether (sulfide) groups is 1. The maximum absolute atomic E-state index is 11.8. The molecule has 6 heteroatoms. The van der Waals surface area contributed by atoms with Gasteiger partial charge in [-0.2, -0.15) is 5.10 Å². The fourth-order valence-electron chi connectivity index (χ4n) is 2.99. The van der Waals surface area contributed by atoms with Crippen molar-refractivity contribution < 1.29 is 9.53 Å². The highest BCUT2D eigenvalue weighted by Crippen LogP contribution is 2.34. The van der Waals surface area contributed by atoms with Crippen LogP contribution in [0.2, 0.25) is 0 Å². The molecule has 2 aromatic heterocycles. The number of hydrogen-bond acceptors (Lipinski definition) is 5. The molecule has 0 radical (unpaired) electrons. The minimum atomic E-state index is -0.207. The van der Waals surface area contributed by atoms with Crippen LogP contribution in [0.3, 0.4) is 0 Å². The Morgan fingerprint density at radius 2 is 2.04 bits per heavy atom. The van der Waals surface area contributed by atoms with E-state index in [0.717, 1.165) is 33.2 Å². The lowest BCUT2D eigenvalue weighted by atomic mass is 10.1. The Morgan fingerprint density at radius 3 is 2.75 bits per heavy atom. The largest absolute Gasteiger partial charge is 0.465 e. The van der Waals surface area contributed by atoms with Gasteiger partial charge in [0.1, 0.15) is 5.25 Å². The first-order chi connectivity index (χ1) is 11.6. The molecule has 1 aliphatic heterocycles. The molecule has 3 heterocycles. The Balaban J connectivity index is 1.89. The quantitative estimate of drug-likeness (QED) is 0.684. The third kappa shape index (κ3) is 2.57. The molecular weight excluding hydrogens is 322 g/mol. The van der Waals surface area contributed by atoms with Crippen molar-refractivity contribution in [3.05, 3.63) is 47.7 Å². The van der Waals surface area contributed by atoms with E-state index in [-0.39, 0.29) is 11.2 Å². The monoisotopic (exact) mass is 339 g/mol. The zero-order valence-corrected chi connectivity index (χ0v) is 14.3. The molecule has 0 spiro atoms. The molecule has 5 nitrogen and oxygen atoms in total. The van der Waals surface area contributed by atoms with Gasteiger partial charge in [0.15, 0.2) is 5.16 Å². The van der Waals surface area contributed by atoms with E-state index in [1.807, 2.05) is 41.8 Å².